The molecule has 7 heteroatoms. The maximum Gasteiger partial charge on any atom is 0.194 e. The Hall–Kier alpha value is -0.930. The second-order valence-electron chi connectivity index (χ2n) is 6.66. The quantitative estimate of drug-likeness (QED) is 0.260. The van der Waals surface area contributed by atoms with Crippen molar-refractivity contribution in [2.45, 2.75) is 45.8 Å². The number of guanidine groups is 1. The topological polar surface area (TPSA) is 46.1 Å². The summed E-state index contributed by atoms with van der Waals surface area (Å²) in [6.45, 7) is 8.61. The highest BCUT2D eigenvalue weighted by molar-refractivity contribution is 14.0. The van der Waals surface area contributed by atoms with Gasteiger partial charge in [-0.15, -0.1) is 24.0 Å². The number of aryl methyl sites for hydroxylation is 1. The number of methoxy groups -OCH3 is 1. The summed E-state index contributed by atoms with van der Waals surface area (Å²) in [5.41, 5.74) is 1.69. The molecule has 1 N–H and O–H groups in total. The number of piperidine rings is 1. The highest BCUT2D eigenvalue weighted by atomic mass is 127. The van der Waals surface area contributed by atoms with E-state index < -0.39 is 0 Å². The fourth-order valence-electron chi connectivity index (χ4n) is 3.08. The second kappa shape index (κ2) is 13.3. The van der Waals surface area contributed by atoms with Gasteiger partial charge in [0.2, 0.25) is 0 Å². The van der Waals surface area contributed by atoms with Crippen molar-refractivity contribution in [2.24, 2.45) is 4.99 Å². The van der Waals surface area contributed by atoms with Crippen LogP contribution in [0.1, 0.15) is 37.3 Å². The molecule has 0 amide bonds. The van der Waals surface area contributed by atoms with Gasteiger partial charge in [0.25, 0.3) is 0 Å². The van der Waals surface area contributed by atoms with Gasteiger partial charge >= 0.3 is 0 Å². The van der Waals surface area contributed by atoms with Crippen LogP contribution >= 0.6 is 24.0 Å². The van der Waals surface area contributed by atoms with E-state index in [0.717, 1.165) is 63.6 Å². The van der Waals surface area contributed by atoms with Crippen LogP contribution in [0.4, 0.5) is 4.39 Å². The molecule has 2 rings (SSSR count). The molecule has 0 aliphatic carbocycles. The molecule has 1 aliphatic rings. The van der Waals surface area contributed by atoms with Gasteiger partial charge in [0, 0.05) is 40.0 Å². The zero-order chi connectivity index (χ0) is 18.8. The van der Waals surface area contributed by atoms with Crippen molar-refractivity contribution < 1.29 is 13.9 Å². The number of nitrogens with one attached hydrogen (secondary N) is 1. The Bertz CT molecular complexity index is 578. The molecule has 1 heterocycles. The smallest absolute Gasteiger partial charge is 0.194 e. The Morgan fingerprint density at radius 1 is 1.30 bits per heavy atom. The number of rotatable bonds is 8. The van der Waals surface area contributed by atoms with E-state index in [0.29, 0.717) is 18.2 Å². The highest BCUT2D eigenvalue weighted by Crippen LogP contribution is 2.15. The lowest BCUT2D eigenvalue weighted by molar-refractivity contribution is 0.00990. The third-order valence-electron chi connectivity index (χ3n) is 4.56. The number of benzene rings is 1. The number of aliphatic imine (C=N–C) groups is 1. The highest BCUT2D eigenvalue weighted by Gasteiger charge is 2.21. The molecule has 0 unspecified atom stereocenters. The van der Waals surface area contributed by atoms with E-state index in [4.69, 9.17) is 14.5 Å². The predicted octanol–water partition coefficient (Wildman–Crippen LogP) is 3.74. The predicted molar refractivity (Wildman–Crippen MR) is 118 cm³/mol. The molecule has 0 aromatic heterocycles. The first-order valence-corrected chi connectivity index (χ1v) is 9.52. The van der Waals surface area contributed by atoms with Crippen molar-refractivity contribution in [3.05, 3.63) is 35.1 Å². The molecule has 1 aromatic rings. The number of ether oxygens (including phenoxy) is 2. The van der Waals surface area contributed by atoms with E-state index in [-0.39, 0.29) is 29.8 Å². The average Bonchev–Trinajstić information content (AvgIpc) is 2.65. The molecule has 1 aromatic carbocycles. The largest absolute Gasteiger partial charge is 0.385 e. The van der Waals surface area contributed by atoms with Crippen molar-refractivity contribution in [1.29, 1.82) is 0 Å². The van der Waals surface area contributed by atoms with E-state index in [1.54, 1.807) is 20.1 Å². The van der Waals surface area contributed by atoms with Crippen molar-refractivity contribution in [3.8, 4) is 0 Å². The van der Waals surface area contributed by atoms with Gasteiger partial charge in [0.15, 0.2) is 5.96 Å². The Morgan fingerprint density at radius 2 is 2.04 bits per heavy atom. The van der Waals surface area contributed by atoms with E-state index in [1.165, 1.54) is 6.07 Å². The summed E-state index contributed by atoms with van der Waals surface area (Å²) in [5, 5.41) is 3.37. The van der Waals surface area contributed by atoms with Crippen LogP contribution in [0.5, 0.6) is 0 Å². The molecule has 1 saturated heterocycles. The van der Waals surface area contributed by atoms with Crippen molar-refractivity contribution in [1.82, 2.24) is 10.2 Å². The Kier molecular flexibility index (Phi) is 11.9. The van der Waals surface area contributed by atoms with Gasteiger partial charge in [-0.05, 0) is 50.3 Å². The summed E-state index contributed by atoms with van der Waals surface area (Å²) < 4.78 is 24.4. The number of hydrogen-bond acceptors (Lipinski definition) is 3. The SMILES string of the molecule is CCNC(=NCc1ccc(F)c(C)c1)N1CCC(OCCCOC)CC1.I. The minimum Gasteiger partial charge on any atom is -0.385 e. The summed E-state index contributed by atoms with van der Waals surface area (Å²) in [7, 11) is 1.72. The number of halogens is 2. The minimum atomic E-state index is -0.169. The minimum absolute atomic E-state index is 0. The Labute approximate surface area is 179 Å². The average molecular weight is 493 g/mol. The maximum absolute atomic E-state index is 13.4. The first-order chi connectivity index (χ1) is 12.6. The van der Waals surface area contributed by atoms with Gasteiger partial charge in [0.1, 0.15) is 5.82 Å². The van der Waals surface area contributed by atoms with Crippen molar-refractivity contribution >= 4 is 29.9 Å². The van der Waals surface area contributed by atoms with Gasteiger partial charge in [0.05, 0.1) is 12.6 Å². The van der Waals surface area contributed by atoms with Gasteiger partial charge in [-0.25, -0.2) is 9.38 Å². The summed E-state index contributed by atoms with van der Waals surface area (Å²) >= 11 is 0. The standard InChI is InChI=1S/C20H32FN3O2.HI/c1-4-22-20(23-15-17-6-7-19(21)16(2)14-17)24-10-8-18(9-11-24)26-13-5-12-25-3;/h6-7,14,18H,4-5,8-13,15H2,1-3H3,(H,22,23);1H. The molecule has 1 fully saturated rings. The molecule has 27 heavy (non-hydrogen) atoms. The second-order valence-corrected chi connectivity index (χ2v) is 6.66. The van der Waals surface area contributed by atoms with Crippen LogP contribution in [-0.2, 0) is 16.0 Å². The van der Waals surface area contributed by atoms with E-state index in [2.05, 4.69) is 17.1 Å². The van der Waals surface area contributed by atoms with Crippen LogP contribution in [0.15, 0.2) is 23.2 Å². The third kappa shape index (κ3) is 8.31. The van der Waals surface area contributed by atoms with Gasteiger partial charge in [-0.3, -0.25) is 0 Å². The Morgan fingerprint density at radius 3 is 2.67 bits per heavy atom. The van der Waals surface area contributed by atoms with Crippen molar-refractivity contribution in [3.63, 3.8) is 0 Å². The third-order valence-corrected chi connectivity index (χ3v) is 4.56. The van der Waals surface area contributed by atoms with Gasteiger partial charge in [-0.2, -0.15) is 0 Å². The molecule has 0 radical (unpaired) electrons. The zero-order valence-corrected chi connectivity index (χ0v) is 19.0. The van der Waals surface area contributed by atoms with Crippen LogP contribution in [0.3, 0.4) is 0 Å². The lowest BCUT2D eigenvalue weighted by Gasteiger charge is -2.34. The Balaban J connectivity index is 0.00000364. The molecule has 0 bridgehead atoms. The van der Waals surface area contributed by atoms with Crippen LogP contribution in [0.25, 0.3) is 0 Å². The van der Waals surface area contributed by atoms with Crippen LogP contribution in [0, 0.1) is 12.7 Å². The summed E-state index contributed by atoms with van der Waals surface area (Å²) in [6.07, 6.45) is 3.28. The number of nitrogens with zero attached hydrogens (tertiary/aromatic N) is 2. The molecule has 154 valence electrons. The van der Waals surface area contributed by atoms with Gasteiger partial charge < -0.3 is 19.7 Å². The lowest BCUT2D eigenvalue weighted by Crippen LogP contribution is -2.47. The molecule has 0 spiro atoms. The maximum atomic E-state index is 13.4. The first-order valence-electron chi connectivity index (χ1n) is 9.52. The fourth-order valence-corrected chi connectivity index (χ4v) is 3.08. The van der Waals surface area contributed by atoms with Crippen LogP contribution < -0.4 is 5.32 Å². The normalized spacial score (nSPS) is 15.6. The zero-order valence-electron chi connectivity index (χ0n) is 16.7. The van der Waals surface area contributed by atoms with Gasteiger partial charge in [-0.1, -0.05) is 12.1 Å². The van der Waals surface area contributed by atoms with Crippen LogP contribution in [-0.4, -0.2) is 56.9 Å². The molecule has 0 saturated carbocycles. The summed E-state index contributed by atoms with van der Waals surface area (Å²) in [6, 6.07) is 5.18. The monoisotopic (exact) mass is 493 g/mol. The molecule has 1 aliphatic heterocycles. The van der Waals surface area contributed by atoms with Crippen LogP contribution in [0.2, 0.25) is 0 Å². The van der Waals surface area contributed by atoms with Crippen molar-refractivity contribution in [2.75, 3.05) is 40.0 Å². The molecule has 5 nitrogen and oxygen atoms in total. The molecular formula is C20H33FIN3O2. The number of likely N-dealkylation sites (tertiary alicyclic amines) is 1. The van der Waals surface area contributed by atoms with E-state index in [9.17, 15) is 4.39 Å². The van der Waals surface area contributed by atoms with E-state index in [1.807, 2.05) is 6.07 Å². The number of hydrogen-bond donors (Lipinski definition) is 1. The molecule has 0 atom stereocenters. The van der Waals surface area contributed by atoms with E-state index >= 15 is 0 Å². The lowest BCUT2D eigenvalue weighted by atomic mass is 10.1. The fraction of sp³-hybridized carbons (Fsp3) is 0.650. The summed E-state index contributed by atoms with van der Waals surface area (Å²) in [4.78, 5) is 7.03. The first kappa shape index (κ1) is 24.1. The summed E-state index contributed by atoms with van der Waals surface area (Å²) in [5.74, 6) is 0.754. The molecular weight excluding hydrogens is 460 g/mol.